The highest BCUT2D eigenvalue weighted by Crippen LogP contribution is 1.97. The van der Waals surface area contributed by atoms with Crippen LogP contribution < -0.4 is 5.32 Å². The first-order chi connectivity index (χ1) is 5.18. The molecule has 0 aliphatic carbocycles. The molecule has 0 aliphatic rings. The number of alkyl halides is 2. The van der Waals surface area contributed by atoms with E-state index in [1.807, 2.05) is 13.0 Å². The molecular formula is C7H13F2NO. The van der Waals surface area contributed by atoms with Crippen molar-refractivity contribution < 1.29 is 13.9 Å². The molecule has 0 fully saturated rings. The number of allylic oxidation sites excluding steroid dienone is 1. The Morgan fingerprint density at radius 3 is 2.64 bits per heavy atom. The average molecular weight is 165 g/mol. The van der Waals surface area contributed by atoms with Crippen molar-refractivity contribution in [1.82, 2.24) is 5.32 Å². The van der Waals surface area contributed by atoms with Crippen molar-refractivity contribution >= 4 is 0 Å². The van der Waals surface area contributed by atoms with Crippen LogP contribution in [0.1, 0.15) is 6.92 Å². The minimum Gasteiger partial charge on any atom is -0.386 e. The van der Waals surface area contributed by atoms with Gasteiger partial charge in [-0.3, -0.25) is 0 Å². The zero-order valence-corrected chi connectivity index (χ0v) is 6.43. The first-order valence-electron chi connectivity index (χ1n) is 3.46. The van der Waals surface area contributed by atoms with E-state index in [0.717, 1.165) is 0 Å². The van der Waals surface area contributed by atoms with Crippen LogP contribution in [-0.2, 0) is 0 Å². The fourth-order valence-corrected chi connectivity index (χ4v) is 0.521. The molecule has 4 heteroatoms. The van der Waals surface area contributed by atoms with Crippen molar-refractivity contribution in [2.45, 2.75) is 19.5 Å². The number of aliphatic hydroxyl groups is 1. The molecular weight excluding hydrogens is 152 g/mol. The van der Waals surface area contributed by atoms with Crippen molar-refractivity contribution in [2.24, 2.45) is 0 Å². The van der Waals surface area contributed by atoms with Gasteiger partial charge in [0.05, 0.1) is 0 Å². The van der Waals surface area contributed by atoms with Crippen molar-refractivity contribution in [2.75, 3.05) is 13.1 Å². The molecule has 0 rings (SSSR count). The molecule has 1 atom stereocenters. The number of nitrogens with one attached hydrogen (secondary N) is 1. The van der Waals surface area contributed by atoms with Gasteiger partial charge >= 0.3 is 0 Å². The summed E-state index contributed by atoms with van der Waals surface area (Å²) in [5.41, 5.74) is 0. The van der Waals surface area contributed by atoms with Crippen LogP contribution in [0.2, 0.25) is 0 Å². The predicted molar refractivity (Wildman–Crippen MR) is 39.7 cm³/mol. The first-order valence-corrected chi connectivity index (χ1v) is 3.46. The molecule has 0 aromatic rings. The lowest BCUT2D eigenvalue weighted by Crippen LogP contribution is -2.32. The van der Waals surface area contributed by atoms with E-state index in [-0.39, 0.29) is 6.54 Å². The van der Waals surface area contributed by atoms with Gasteiger partial charge in [-0.25, -0.2) is 8.78 Å². The van der Waals surface area contributed by atoms with Gasteiger partial charge in [-0.1, -0.05) is 12.2 Å². The molecule has 0 spiro atoms. The summed E-state index contributed by atoms with van der Waals surface area (Å²) in [4.78, 5) is 0. The second kappa shape index (κ2) is 6.24. The molecule has 1 unspecified atom stereocenters. The molecule has 0 aliphatic heterocycles. The number of aliphatic hydroxyl groups excluding tert-OH is 1. The summed E-state index contributed by atoms with van der Waals surface area (Å²) < 4.78 is 23.3. The topological polar surface area (TPSA) is 32.3 Å². The summed E-state index contributed by atoms with van der Waals surface area (Å²) in [5, 5.41) is 11.2. The molecule has 0 radical (unpaired) electrons. The van der Waals surface area contributed by atoms with Gasteiger partial charge in [0, 0.05) is 13.1 Å². The van der Waals surface area contributed by atoms with Crippen LogP contribution in [0.25, 0.3) is 0 Å². The Morgan fingerprint density at radius 2 is 2.18 bits per heavy atom. The molecule has 0 aromatic heterocycles. The van der Waals surface area contributed by atoms with Crippen LogP contribution in [0.5, 0.6) is 0 Å². The molecule has 0 aromatic carbocycles. The Kier molecular flexibility index (Phi) is 5.97. The minimum atomic E-state index is -2.66. The van der Waals surface area contributed by atoms with Crippen LogP contribution in [0.15, 0.2) is 12.2 Å². The molecule has 11 heavy (non-hydrogen) atoms. The van der Waals surface area contributed by atoms with Gasteiger partial charge in [0.15, 0.2) is 0 Å². The van der Waals surface area contributed by atoms with Crippen LogP contribution in [0, 0.1) is 0 Å². The van der Waals surface area contributed by atoms with Gasteiger partial charge < -0.3 is 10.4 Å². The maximum absolute atomic E-state index is 11.6. The second-order valence-electron chi connectivity index (χ2n) is 2.13. The van der Waals surface area contributed by atoms with Crippen molar-refractivity contribution in [3.63, 3.8) is 0 Å². The van der Waals surface area contributed by atoms with Crippen LogP contribution in [-0.4, -0.2) is 30.7 Å². The molecule has 2 N–H and O–H groups in total. The third-order valence-corrected chi connectivity index (χ3v) is 1.14. The molecule has 0 heterocycles. The number of halogens is 2. The number of hydrogen-bond acceptors (Lipinski definition) is 2. The monoisotopic (exact) mass is 165 g/mol. The maximum atomic E-state index is 11.6. The second-order valence-corrected chi connectivity index (χ2v) is 2.13. The van der Waals surface area contributed by atoms with E-state index >= 15 is 0 Å². The van der Waals surface area contributed by atoms with Gasteiger partial charge in [0.2, 0.25) is 0 Å². The summed E-state index contributed by atoms with van der Waals surface area (Å²) in [7, 11) is 0. The minimum absolute atomic E-state index is 0.0675. The molecule has 2 nitrogen and oxygen atoms in total. The number of hydrogen-bond donors (Lipinski definition) is 2. The van der Waals surface area contributed by atoms with E-state index in [4.69, 9.17) is 5.11 Å². The Hall–Kier alpha value is -0.480. The van der Waals surface area contributed by atoms with E-state index in [1.54, 1.807) is 6.08 Å². The van der Waals surface area contributed by atoms with Crippen molar-refractivity contribution in [3.8, 4) is 0 Å². The van der Waals surface area contributed by atoms with E-state index < -0.39 is 12.5 Å². The normalized spacial score (nSPS) is 14.6. The van der Waals surface area contributed by atoms with Crippen molar-refractivity contribution in [3.05, 3.63) is 12.2 Å². The largest absolute Gasteiger partial charge is 0.386 e. The zero-order valence-electron chi connectivity index (χ0n) is 6.43. The highest BCUT2D eigenvalue weighted by molar-refractivity contribution is 4.79. The summed E-state index contributed by atoms with van der Waals surface area (Å²) >= 11 is 0. The fourth-order valence-electron chi connectivity index (χ4n) is 0.521. The van der Waals surface area contributed by atoms with E-state index in [9.17, 15) is 8.78 Å². The lowest BCUT2D eigenvalue weighted by atomic mass is 10.3. The SMILES string of the molecule is C/C=C/CNCC(O)C(F)F. The molecule has 0 amide bonds. The Balaban J connectivity index is 3.24. The van der Waals surface area contributed by atoms with Gasteiger partial charge in [0.25, 0.3) is 6.43 Å². The van der Waals surface area contributed by atoms with E-state index in [1.165, 1.54) is 0 Å². The molecule has 0 saturated heterocycles. The third kappa shape index (κ3) is 5.94. The third-order valence-electron chi connectivity index (χ3n) is 1.14. The summed E-state index contributed by atoms with van der Waals surface area (Å²) in [6.07, 6.45) is -0.617. The summed E-state index contributed by atoms with van der Waals surface area (Å²) in [6.45, 7) is 2.29. The highest BCUT2D eigenvalue weighted by Gasteiger charge is 2.14. The van der Waals surface area contributed by atoms with Gasteiger partial charge in [-0.2, -0.15) is 0 Å². The van der Waals surface area contributed by atoms with E-state index in [0.29, 0.717) is 6.54 Å². The molecule has 0 saturated carbocycles. The van der Waals surface area contributed by atoms with Crippen molar-refractivity contribution in [1.29, 1.82) is 0 Å². The summed E-state index contributed by atoms with van der Waals surface area (Å²) in [6, 6.07) is 0. The quantitative estimate of drug-likeness (QED) is 0.466. The molecule has 66 valence electrons. The lowest BCUT2D eigenvalue weighted by Gasteiger charge is -2.08. The number of rotatable bonds is 5. The van der Waals surface area contributed by atoms with Gasteiger partial charge in [-0.05, 0) is 6.92 Å². The standard InChI is InChI=1S/C7H13F2NO/c1-2-3-4-10-5-6(11)7(8)9/h2-3,6-7,10-11H,4-5H2,1H3/b3-2+. The van der Waals surface area contributed by atoms with Gasteiger partial charge in [0.1, 0.15) is 6.10 Å². The van der Waals surface area contributed by atoms with Crippen LogP contribution >= 0.6 is 0 Å². The predicted octanol–water partition coefficient (Wildman–Crippen LogP) is 0.778. The Labute approximate surface area is 64.9 Å². The zero-order chi connectivity index (χ0) is 8.69. The Bertz CT molecular complexity index is 117. The highest BCUT2D eigenvalue weighted by atomic mass is 19.3. The van der Waals surface area contributed by atoms with E-state index in [2.05, 4.69) is 5.32 Å². The van der Waals surface area contributed by atoms with Gasteiger partial charge in [-0.15, -0.1) is 0 Å². The van der Waals surface area contributed by atoms with Crippen LogP contribution in [0.3, 0.4) is 0 Å². The molecule has 0 bridgehead atoms. The first kappa shape index (κ1) is 10.5. The smallest absolute Gasteiger partial charge is 0.265 e. The fraction of sp³-hybridized carbons (Fsp3) is 0.714. The lowest BCUT2D eigenvalue weighted by molar-refractivity contribution is -0.00275. The Morgan fingerprint density at radius 1 is 1.55 bits per heavy atom. The maximum Gasteiger partial charge on any atom is 0.265 e. The average Bonchev–Trinajstić information content (AvgIpc) is 1.97. The van der Waals surface area contributed by atoms with Crippen LogP contribution in [0.4, 0.5) is 8.78 Å². The summed E-state index contributed by atoms with van der Waals surface area (Å²) in [5.74, 6) is 0.